The minimum atomic E-state index is -0.208. The molecule has 1 aliphatic rings. The number of nitrogens with one attached hydrogen (secondary N) is 2. The SMILES string of the molecule is Cc1cc(NC(=O)NC2CCOC2)ccc1C#CCN. The molecule has 1 unspecified atom stereocenters. The van der Waals surface area contributed by atoms with Gasteiger partial charge >= 0.3 is 6.03 Å². The monoisotopic (exact) mass is 273 g/mol. The van der Waals surface area contributed by atoms with Crippen LogP contribution in [0, 0.1) is 18.8 Å². The van der Waals surface area contributed by atoms with Crippen LogP contribution >= 0.6 is 0 Å². The molecule has 106 valence electrons. The maximum atomic E-state index is 11.8. The molecule has 0 aromatic heterocycles. The summed E-state index contributed by atoms with van der Waals surface area (Å²) in [5, 5.41) is 5.69. The van der Waals surface area contributed by atoms with E-state index in [9.17, 15) is 4.79 Å². The van der Waals surface area contributed by atoms with E-state index in [2.05, 4.69) is 22.5 Å². The smallest absolute Gasteiger partial charge is 0.319 e. The zero-order valence-corrected chi connectivity index (χ0v) is 11.5. The molecular formula is C15H19N3O2. The Bertz CT molecular complexity index is 540. The van der Waals surface area contributed by atoms with Crippen LogP contribution in [0.3, 0.4) is 0 Å². The van der Waals surface area contributed by atoms with Crippen LogP contribution in [-0.4, -0.2) is 31.8 Å². The Morgan fingerprint density at radius 3 is 3.05 bits per heavy atom. The number of amides is 2. The molecule has 0 radical (unpaired) electrons. The van der Waals surface area contributed by atoms with Gasteiger partial charge in [0.1, 0.15) is 0 Å². The number of hydrogen-bond donors (Lipinski definition) is 3. The number of anilines is 1. The summed E-state index contributed by atoms with van der Waals surface area (Å²) < 4.78 is 5.21. The second-order valence-electron chi connectivity index (χ2n) is 4.69. The number of ether oxygens (including phenoxy) is 1. The van der Waals surface area contributed by atoms with Gasteiger partial charge in [0.15, 0.2) is 0 Å². The first-order valence-corrected chi connectivity index (χ1v) is 6.64. The van der Waals surface area contributed by atoms with Crippen molar-refractivity contribution in [2.45, 2.75) is 19.4 Å². The molecule has 4 N–H and O–H groups in total. The van der Waals surface area contributed by atoms with Gasteiger partial charge in [-0.25, -0.2) is 4.79 Å². The molecule has 20 heavy (non-hydrogen) atoms. The number of urea groups is 1. The molecule has 0 bridgehead atoms. The molecule has 1 fully saturated rings. The molecule has 2 amide bonds. The minimum absolute atomic E-state index is 0.103. The zero-order valence-electron chi connectivity index (χ0n) is 11.5. The van der Waals surface area contributed by atoms with E-state index in [0.717, 1.165) is 23.2 Å². The predicted octanol–water partition coefficient (Wildman–Crippen LogP) is 1.22. The second kappa shape index (κ2) is 6.94. The van der Waals surface area contributed by atoms with Crippen molar-refractivity contribution in [2.75, 3.05) is 25.1 Å². The summed E-state index contributed by atoms with van der Waals surface area (Å²) in [5.74, 6) is 5.81. The summed E-state index contributed by atoms with van der Waals surface area (Å²) in [6.45, 7) is 3.58. The number of carbonyl (C=O) groups is 1. The lowest BCUT2D eigenvalue weighted by atomic mass is 10.1. The molecule has 1 aromatic carbocycles. The van der Waals surface area contributed by atoms with Gasteiger partial charge in [0.2, 0.25) is 0 Å². The van der Waals surface area contributed by atoms with Gasteiger partial charge in [0.05, 0.1) is 19.2 Å². The fourth-order valence-corrected chi connectivity index (χ4v) is 2.03. The lowest BCUT2D eigenvalue weighted by Gasteiger charge is -2.12. The van der Waals surface area contributed by atoms with Gasteiger partial charge in [-0.15, -0.1) is 0 Å². The van der Waals surface area contributed by atoms with Crippen LogP contribution in [0.4, 0.5) is 10.5 Å². The summed E-state index contributed by atoms with van der Waals surface area (Å²) in [7, 11) is 0. The molecule has 1 aliphatic heterocycles. The molecule has 1 heterocycles. The Morgan fingerprint density at radius 1 is 1.55 bits per heavy atom. The fraction of sp³-hybridized carbons (Fsp3) is 0.400. The van der Waals surface area contributed by atoms with Gasteiger partial charge in [0, 0.05) is 17.9 Å². The van der Waals surface area contributed by atoms with Gasteiger partial charge in [0.25, 0.3) is 0 Å². The molecule has 0 spiro atoms. The average molecular weight is 273 g/mol. The number of aryl methyl sites for hydroxylation is 1. The number of nitrogens with two attached hydrogens (primary N) is 1. The summed E-state index contributed by atoms with van der Waals surface area (Å²) in [5.41, 5.74) is 8.03. The third kappa shape index (κ3) is 3.98. The predicted molar refractivity (Wildman–Crippen MR) is 78.5 cm³/mol. The number of carbonyl (C=O) groups excluding carboxylic acids is 1. The largest absolute Gasteiger partial charge is 0.379 e. The summed E-state index contributed by atoms with van der Waals surface area (Å²) in [6.07, 6.45) is 0.861. The first-order valence-electron chi connectivity index (χ1n) is 6.64. The van der Waals surface area contributed by atoms with Crippen molar-refractivity contribution in [3.8, 4) is 11.8 Å². The van der Waals surface area contributed by atoms with Crippen molar-refractivity contribution in [1.29, 1.82) is 0 Å². The van der Waals surface area contributed by atoms with Gasteiger partial charge in [-0.1, -0.05) is 11.8 Å². The Morgan fingerprint density at radius 2 is 2.40 bits per heavy atom. The Kier molecular flexibility index (Phi) is 4.99. The number of hydrogen-bond acceptors (Lipinski definition) is 3. The number of rotatable bonds is 2. The van der Waals surface area contributed by atoms with Gasteiger partial charge in [-0.2, -0.15) is 0 Å². The topological polar surface area (TPSA) is 76.4 Å². The number of benzene rings is 1. The zero-order chi connectivity index (χ0) is 14.4. The van der Waals surface area contributed by atoms with Crippen molar-refractivity contribution in [2.24, 2.45) is 5.73 Å². The van der Waals surface area contributed by atoms with Crippen LogP contribution in [0.5, 0.6) is 0 Å². The van der Waals surface area contributed by atoms with Crippen molar-refractivity contribution in [3.05, 3.63) is 29.3 Å². The van der Waals surface area contributed by atoms with Crippen LogP contribution in [0.15, 0.2) is 18.2 Å². The van der Waals surface area contributed by atoms with Gasteiger partial charge in [-0.3, -0.25) is 0 Å². The minimum Gasteiger partial charge on any atom is -0.379 e. The highest BCUT2D eigenvalue weighted by Crippen LogP contribution is 2.14. The van der Waals surface area contributed by atoms with E-state index in [-0.39, 0.29) is 12.1 Å². The highest BCUT2D eigenvalue weighted by atomic mass is 16.5. The van der Waals surface area contributed by atoms with E-state index >= 15 is 0 Å². The van der Waals surface area contributed by atoms with Crippen molar-refractivity contribution >= 4 is 11.7 Å². The Labute approximate surface area is 118 Å². The maximum Gasteiger partial charge on any atom is 0.319 e. The molecular weight excluding hydrogens is 254 g/mol. The van der Waals surface area contributed by atoms with Crippen molar-refractivity contribution in [3.63, 3.8) is 0 Å². The van der Waals surface area contributed by atoms with E-state index < -0.39 is 0 Å². The third-order valence-electron chi connectivity index (χ3n) is 3.07. The van der Waals surface area contributed by atoms with Crippen molar-refractivity contribution < 1.29 is 9.53 Å². The Balaban J connectivity index is 1.95. The molecule has 1 aromatic rings. The lowest BCUT2D eigenvalue weighted by molar-refractivity contribution is 0.189. The lowest BCUT2D eigenvalue weighted by Crippen LogP contribution is -2.38. The maximum absolute atomic E-state index is 11.8. The second-order valence-corrected chi connectivity index (χ2v) is 4.69. The van der Waals surface area contributed by atoms with E-state index in [1.54, 1.807) is 0 Å². The molecule has 1 atom stereocenters. The summed E-state index contributed by atoms with van der Waals surface area (Å²) in [4.78, 5) is 11.8. The first-order chi connectivity index (χ1) is 9.69. The van der Waals surface area contributed by atoms with Crippen LogP contribution < -0.4 is 16.4 Å². The standard InChI is InChI=1S/C15H19N3O2/c1-11-9-13(5-4-12(11)3-2-7-16)17-15(19)18-14-6-8-20-10-14/h4-5,9,14H,6-8,10,16H2,1H3,(H2,17,18,19). The van der Waals surface area contributed by atoms with E-state index in [1.165, 1.54) is 0 Å². The van der Waals surface area contributed by atoms with Crippen LogP contribution in [0.2, 0.25) is 0 Å². The van der Waals surface area contributed by atoms with Gasteiger partial charge in [-0.05, 0) is 37.1 Å². The van der Waals surface area contributed by atoms with E-state index in [4.69, 9.17) is 10.5 Å². The molecule has 5 heteroatoms. The highest BCUT2D eigenvalue weighted by Gasteiger charge is 2.17. The first kappa shape index (κ1) is 14.4. The average Bonchev–Trinajstić information content (AvgIpc) is 2.90. The van der Waals surface area contributed by atoms with Crippen LogP contribution in [-0.2, 0) is 4.74 Å². The Hall–Kier alpha value is -2.03. The van der Waals surface area contributed by atoms with Crippen molar-refractivity contribution in [1.82, 2.24) is 5.32 Å². The van der Waals surface area contributed by atoms with E-state index in [1.807, 2.05) is 25.1 Å². The molecule has 5 nitrogen and oxygen atoms in total. The van der Waals surface area contributed by atoms with E-state index in [0.29, 0.717) is 19.8 Å². The molecule has 0 aliphatic carbocycles. The molecule has 0 saturated carbocycles. The molecule has 1 saturated heterocycles. The van der Waals surface area contributed by atoms with Crippen LogP contribution in [0.1, 0.15) is 17.5 Å². The quantitative estimate of drug-likeness (QED) is 0.709. The van der Waals surface area contributed by atoms with Crippen LogP contribution in [0.25, 0.3) is 0 Å². The van der Waals surface area contributed by atoms with Gasteiger partial charge < -0.3 is 21.1 Å². The fourth-order valence-electron chi connectivity index (χ4n) is 2.03. The highest BCUT2D eigenvalue weighted by molar-refractivity contribution is 5.89. The third-order valence-corrected chi connectivity index (χ3v) is 3.07. The molecule has 2 rings (SSSR count). The summed E-state index contributed by atoms with van der Waals surface area (Å²) in [6, 6.07) is 5.50. The normalized spacial score (nSPS) is 17.2. The summed E-state index contributed by atoms with van der Waals surface area (Å²) >= 11 is 0.